The molecule has 0 bridgehead atoms. The first kappa shape index (κ1) is 25.6. The molecule has 9 nitrogen and oxygen atoms in total. The van der Waals surface area contributed by atoms with E-state index in [1.807, 2.05) is 48.5 Å². The summed E-state index contributed by atoms with van der Waals surface area (Å²) in [7, 11) is 1.46. The fourth-order valence-corrected chi connectivity index (χ4v) is 4.76. The molecule has 0 spiro atoms. The third-order valence-corrected chi connectivity index (χ3v) is 6.85. The minimum atomic E-state index is -0.697. The number of hydroxylamine groups is 1. The van der Waals surface area contributed by atoms with E-state index in [9.17, 15) is 15.1 Å². The van der Waals surface area contributed by atoms with Crippen LogP contribution < -0.4 is 15.0 Å². The Balaban J connectivity index is 1.32. The molecule has 0 radical (unpaired) electrons. The summed E-state index contributed by atoms with van der Waals surface area (Å²) in [6.07, 6.45) is 4.61. The molecule has 0 saturated carbocycles. The largest absolute Gasteiger partial charge is 0.494 e. The van der Waals surface area contributed by atoms with Gasteiger partial charge < -0.3 is 14.6 Å². The number of hydrogen-bond donors (Lipinski definition) is 3. The van der Waals surface area contributed by atoms with Gasteiger partial charge in [0.2, 0.25) is 0 Å². The summed E-state index contributed by atoms with van der Waals surface area (Å²) in [5.41, 5.74) is 5.74. The van der Waals surface area contributed by atoms with Crippen molar-refractivity contribution in [3.05, 3.63) is 72.6 Å². The second-order valence-electron chi connectivity index (χ2n) is 9.23. The number of hydrogen-bond acceptors (Lipinski definition) is 8. The maximum Gasteiger partial charge on any atom is 0.279 e. The third kappa shape index (κ3) is 5.45. The van der Waals surface area contributed by atoms with E-state index in [1.165, 1.54) is 13.3 Å². The standard InChI is InChI=1S/C29H30N4O5/c1-37-28-26(29(35)32-36)24-18-30-13-10-25(24)31-27(28)21-4-2-19(3-5-21)20-6-8-23(9-7-20)38-17-16-33-14-11-22(34)12-15-33/h2-10,13,18,22,34,36H,11-12,14-17H2,1H3,(H,32,35). The molecule has 9 heteroatoms. The highest BCUT2D eigenvalue weighted by molar-refractivity contribution is 6.09. The second-order valence-corrected chi connectivity index (χ2v) is 9.23. The number of carbonyl (C=O) groups is 1. The van der Waals surface area contributed by atoms with Crippen LogP contribution in [0, 0.1) is 0 Å². The number of piperidine rings is 1. The number of aromatic nitrogens is 2. The molecule has 0 unspecified atom stereocenters. The average molecular weight is 515 g/mol. The van der Waals surface area contributed by atoms with Gasteiger partial charge in [-0.1, -0.05) is 36.4 Å². The number of benzene rings is 2. The summed E-state index contributed by atoms with van der Waals surface area (Å²) >= 11 is 0. The van der Waals surface area contributed by atoms with Crippen molar-refractivity contribution in [3.63, 3.8) is 0 Å². The van der Waals surface area contributed by atoms with E-state index in [-0.39, 0.29) is 17.4 Å². The highest BCUT2D eigenvalue weighted by Crippen LogP contribution is 2.36. The van der Waals surface area contributed by atoms with Crippen molar-refractivity contribution >= 4 is 16.8 Å². The van der Waals surface area contributed by atoms with Gasteiger partial charge >= 0.3 is 0 Å². The lowest BCUT2D eigenvalue weighted by atomic mass is 10.00. The predicted octanol–water partition coefficient (Wildman–Crippen LogP) is 3.93. The van der Waals surface area contributed by atoms with Gasteiger partial charge in [0, 0.05) is 43.0 Å². The number of amides is 1. The molecule has 38 heavy (non-hydrogen) atoms. The number of ether oxygens (including phenoxy) is 2. The summed E-state index contributed by atoms with van der Waals surface area (Å²) in [5, 5.41) is 19.4. The summed E-state index contributed by atoms with van der Waals surface area (Å²) in [6, 6.07) is 17.5. The van der Waals surface area contributed by atoms with Gasteiger partial charge in [-0.3, -0.25) is 19.9 Å². The molecule has 1 aliphatic heterocycles. The molecule has 3 N–H and O–H groups in total. The van der Waals surface area contributed by atoms with Gasteiger partial charge in [-0.05, 0) is 42.2 Å². The fraction of sp³-hybridized carbons (Fsp3) is 0.276. The normalized spacial score (nSPS) is 14.4. The van der Waals surface area contributed by atoms with Gasteiger partial charge in [0.1, 0.15) is 18.1 Å². The first-order valence-corrected chi connectivity index (χ1v) is 12.6. The zero-order chi connectivity index (χ0) is 26.5. The minimum absolute atomic E-state index is 0.164. The van der Waals surface area contributed by atoms with Crippen molar-refractivity contribution in [2.24, 2.45) is 0 Å². The van der Waals surface area contributed by atoms with E-state index in [4.69, 9.17) is 14.5 Å². The number of methoxy groups -OCH3 is 1. The van der Waals surface area contributed by atoms with E-state index in [0.717, 1.165) is 54.9 Å². The Morgan fingerprint density at radius 1 is 1.03 bits per heavy atom. The topological polar surface area (TPSA) is 117 Å². The van der Waals surface area contributed by atoms with Crippen LogP contribution in [-0.2, 0) is 0 Å². The second kappa shape index (κ2) is 11.6. The number of aliphatic hydroxyl groups excluding tert-OH is 1. The van der Waals surface area contributed by atoms with E-state index < -0.39 is 5.91 Å². The molecule has 1 amide bonds. The molecule has 2 aromatic heterocycles. The zero-order valence-electron chi connectivity index (χ0n) is 21.1. The molecule has 0 atom stereocenters. The smallest absolute Gasteiger partial charge is 0.279 e. The molecule has 4 aromatic rings. The Morgan fingerprint density at radius 3 is 2.34 bits per heavy atom. The highest BCUT2D eigenvalue weighted by atomic mass is 16.5. The van der Waals surface area contributed by atoms with Crippen molar-refractivity contribution in [3.8, 4) is 33.9 Å². The summed E-state index contributed by atoms with van der Waals surface area (Å²) in [5.74, 6) is 0.376. The van der Waals surface area contributed by atoms with Crippen molar-refractivity contribution in [2.45, 2.75) is 18.9 Å². The molecular weight excluding hydrogens is 484 g/mol. The van der Waals surface area contributed by atoms with E-state index in [2.05, 4.69) is 9.88 Å². The monoisotopic (exact) mass is 514 g/mol. The zero-order valence-corrected chi connectivity index (χ0v) is 21.1. The third-order valence-electron chi connectivity index (χ3n) is 6.85. The van der Waals surface area contributed by atoms with Gasteiger partial charge in [-0.2, -0.15) is 0 Å². The quantitative estimate of drug-likeness (QED) is 0.239. The molecule has 2 aromatic carbocycles. The van der Waals surface area contributed by atoms with Crippen molar-refractivity contribution < 1.29 is 24.6 Å². The van der Waals surface area contributed by atoms with Crippen LogP contribution in [0.3, 0.4) is 0 Å². The van der Waals surface area contributed by atoms with Gasteiger partial charge in [0.25, 0.3) is 5.91 Å². The number of aliphatic hydroxyl groups is 1. The molecule has 1 fully saturated rings. The number of nitrogens with zero attached hydrogens (tertiary/aromatic N) is 3. The molecular formula is C29H30N4O5. The Hall–Kier alpha value is -4.05. The van der Waals surface area contributed by atoms with Crippen LogP contribution in [0.25, 0.3) is 33.3 Å². The minimum Gasteiger partial charge on any atom is -0.494 e. The molecule has 5 rings (SSSR count). The van der Waals surface area contributed by atoms with Crippen LogP contribution in [0.2, 0.25) is 0 Å². The highest BCUT2D eigenvalue weighted by Gasteiger charge is 2.22. The number of rotatable bonds is 8. The van der Waals surface area contributed by atoms with Crippen LogP contribution in [-0.4, -0.2) is 70.5 Å². The molecule has 0 aliphatic carbocycles. The Morgan fingerprint density at radius 2 is 1.68 bits per heavy atom. The Bertz CT molecular complexity index is 1400. The van der Waals surface area contributed by atoms with Gasteiger partial charge in [0.15, 0.2) is 5.75 Å². The number of pyridine rings is 2. The van der Waals surface area contributed by atoms with E-state index in [0.29, 0.717) is 23.2 Å². The number of carbonyl (C=O) groups excluding carboxylic acids is 1. The Labute approximate surface area is 220 Å². The van der Waals surface area contributed by atoms with Crippen LogP contribution in [0.15, 0.2) is 67.0 Å². The lowest BCUT2D eigenvalue weighted by molar-refractivity contribution is 0.0705. The van der Waals surface area contributed by atoms with Gasteiger partial charge in [0.05, 0.1) is 24.3 Å². The molecule has 196 valence electrons. The lowest BCUT2D eigenvalue weighted by Gasteiger charge is -2.29. The van der Waals surface area contributed by atoms with Gasteiger partial charge in [-0.25, -0.2) is 10.5 Å². The first-order valence-electron chi connectivity index (χ1n) is 12.6. The first-order chi connectivity index (χ1) is 18.6. The fourth-order valence-electron chi connectivity index (χ4n) is 4.76. The summed E-state index contributed by atoms with van der Waals surface area (Å²) in [6.45, 7) is 3.28. The van der Waals surface area contributed by atoms with Crippen LogP contribution in [0.4, 0.5) is 0 Å². The molecule has 1 aliphatic rings. The summed E-state index contributed by atoms with van der Waals surface area (Å²) < 4.78 is 11.5. The van der Waals surface area contributed by atoms with Crippen LogP contribution in [0.5, 0.6) is 11.5 Å². The Kier molecular flexibility index (Phi) is 7.78. The van der Waals surface area contributed by atoms with Crippen LogP contribution >= 0.6 is 0 Å². The summed E-state index contributed by atoms with van der Waals surface area (Å²) in [4.78, 5) is 23.6. The lowest BCUT2D eigenvalue weighted by Crippen LogP contribution is -2.38. The van der Waals surface area contributed by atoms with Crippen molar-refractivity contribution in [2.75, 3.05) is 33.4 Å². The van der Waals surface area contributed by atoms with E-state index >= 15 is 0 Å². The number of fused-ring (bicyclic) bond motifs is 1. The molecule has 1 saturated heterocycles. The number of likely N-dealkylation sites (tertiary alicyclic amines) is 1. The van der Waals surface area contributed by atoms with Crippen LogP contribution in [0.1, 0.15) is 23.2 Å². The predicted molar refractivity (Wildman–Crippen MR) is 143 cm³/mol. The maximum absolute atomic E-state index is 12.5. The van der Waals surface area contributed by atoms with E-state index in [1.54, 1.807) is 17.7 Å². The van der Waals surface area contributed by atoms with Gasteiger partial charge in [-0.15, -0.1) is 0 Å². The number of nitrogens with one attached hydrogen (secondary N) is 1. The van der Waals surface area contributed by atoms with Crippen molar-refractivity contribution in [1.29, 1.82) is 0 Å². The average Bonchev–Trinajstić information content (AvgIpc) is 2.97. The maximum atomic E-state index is 12.5. The SMILES string of the molecule is COc1c(-c2ccc(-c3ccc(OCCN4CCC(O)CC4)cc3)cc2)nc2ccncc2c1C(=O)NO. The molecule has 3 heterocycles. The van der Waals surface area contributed by atoms with Crippen molar-refractivity contribution in [1.82, 2.24) is 20.3 Å².